The highest BCUT2D eigenvalue weighted by Crippen LogP contribution is 2.24. The summed E-state index contributed by atoms with van der Waals surface area (Å²) in [6, 6.07) is 6.22. The predicted molar refractivity (Wildman–Crippen MR) is 95.7 cm³/mol. The van der Waals surface area contributed by atoms with Gasteiger partial charge in [0.1, 0.15) is 0 Å². The number of hydrogen-bond donors (Lipinski definition) is 1. The first kappa shape index (κ1) is 17.0. The normalized spacial score (nSPS) is 17.2. The van der Waals surface area contributed by atoms with Crippen LogP contribution in [0.25, 0.3) is 5.69 Å². The molecule has 1 aromatic carbocycles. The van der Waals surface area contributed by atoms with E-state index in [4.69, 9.17) is 4.74 Å². The van der Waals surface area contributed by atoms with Gasteiger partial charge in [-0.15, -0.1) is 0 Å². The number of amides is 1. The van der Waals surface area contributed by atoms with E-state index in [2.05, 4.69) is 36.3 Å². The Labute approximate surface area is 146 Å². The third-order valence-corrected chi connectivity index (χ3v) is 5.29. The minimum Gasteiger partial charge on any atom is -0.376 e. The fraction of sp³-hybridized carbons (Fsp3) is 0.444. The monoisotopic (exact) mass is 345 g/mol. The van der Waals surface area contributed by atoms with Gasteiger partial charge in [-0.3, -0.25) is 9.36 Å². The Hall–Kier alpha value is -1.79. The Bertz CT molecular complexity index is 708. The van der Waals surface area contributed by atoms with Crippen molar-refractivity contribution >= 4 is 17.7 Å². The standard InChI is InChI=1S/C18H23N3O2S/c1-13-5-3-7-16(14(13)2)21-9-8-19-18(21)24-12-17(22)20-11-15-6-4-10-23-15/h3,5,7-9,15H,4,6,10-12H2,1-2H3,(H,20,22). The Morgan fingerprint density at radius 1 is 1.46 bits per heavy atom. The predicted octanol–water partition coefficient (Wildman–Crippen LogP) is 2.88. The lowest BCUT2D eigenvalue weighted by Crippen LogP contribution is -2.32. The van der Waals surface area contributed by atoms with Gasteiger partial charge in [-0.25, -0.2) is 4.98 Å². The highest BCUT2D eigenvalue weighted by atomic mass is 32.2. The minimum atomic E-state index is 0.0195. The first-order chi connectivity index (χ1) is 11.6. The van der Waals surface area contributed by atoms with Crippen LogP contribution in [-0.2, 0) is 9.53 Å². The summed E-state index contributed by atoms with van der Waals surface area (Å²) in [6.07, 6.45) is 6.01. The maximum atomic E-state index is 12.0. The van der Waals surface area contributed by atoms with Crippen LogP contribution in [0.15, 0.2) is 35.7 Å². The van der Waals surface area contributed by atoms with Crippen LogP contribution in [0.4, 0.5) is 0 Å². The Kier molecular flexibility index (Phi) is 5.58. The molecule has 1 N–H and O–H groups in total. The lowest BCUT2D eigenvalue weighted by atomic mass is 10.1. The summed E-state index contributed by atoms with van der Waals surface area (Å²) < 4.78 is 7.56. The topological polar surface area (TPSA) is 56.2 Å². The van der Waals surface area contributed by atoms with Crippen molar-refractivity contribution in [1.82, 2.24) is 14.9 Å². The van der Waals surface area contributed by atoms with Crippen LogP contribution in [0.1, 0.15) is 24.0 Å². The zero-order chi connectivity index (χ0) is 16.9. The Morgan fingerprint density at radius 2 is 2.33 bits per heavy atom. The van der Waals surface area contributed by atoms with Gasteiger partial charge in [0.25, 0.3) is 0 Å². The zero-order valence-electron chi connectivity index (χ0n) is 14.1. The van der Waals surface area contributed by atoms with Gasteiger partial charge in [0.15, 0.2) is 5.16 Å². The molecule has 0 bridgehead atoms. The molecule has 1 fully saturated rings. The molecule has 1 atom stereocenters. The average Bonchev–Trinajstić information content (AvgIpc) is 3.25. The van der Waals surface area contributed by atoms with E-state index in [1.807, 2.05) is 16.8 Å². The van der Waals surface area contributed by atoms with Crippen LogP contribution in [0.3, 0.4) is 0 Å². The number of carbonyl (C=O) groups excluding carboxylic acids is 1. The number of benzene rings is 1. The molecular weight excluding hydrogens is 322 g/mol. The van der Waals surface area contributed by atoms with E-state index in [-0.39, 0.29) is 12.0 Å². The molecule has 1 unspecified atom stereocenters. The van der Waals surface area contributed by atoms with Crippen molar-refractivity contribution in [3.8, 4) is 5.69 Å². The highest BCUT2D eigenvalue weighted by molar-refractivity contribution is 7.99. The first-order valence-electron chi connectivity index (χ1n) is 8.26. The largest absolute Gasteiger partial charge is 0.376 e. The van der Waals surface area contributed by atoms with Crippen molar-refractivity contribution in [2.45, 2.75) is 37.9 Å². The second-order valence-electron chi connectivity index (χ2n) is 6.03. The number of hydrogen-bond acceptors (Lipinski definition) is 4. The van der Waals surface area contributed by atoms with Crippen molar-refractivity contribution in [2.75, 3.05) is 18.9 Å². The zero-order valence-corrected chi connectivity index (χ0v) is 14.9. The van der Waals surface area contributed by atoms with Gasteiger partial charge in [0.2, 0.25) is 5.91 Å². The molecule has 2 aromatic rings. The van der Waals surface area contributed by atoms with Crippen molar-refractivity contribution in [3.63, 3.8) is 0 Å². The van der Waals surface area contributed by atoms with Gasteiger partial charge < -0.3 is 10.1 Å². The molecule has 1 aliphatic rings. The quantitative estimate of drug-likeness (QED) is 0.818. The molecule has 0 radical (unpaired) electrons. The summed E-state index contributed by atoms with van der Waals surface area (Å²) in [7, 11) is 0. The third kappa shape index (κ3) is 3.99. The summed E-state index contributed by atoms with van der Waals surface area (Å²) in [5, 5.41) is 3.77. The molecule has 1 aliphatic heterocycles. The number of rotatable bonds is 6. The van der Waals surface area contributed by atoms with Crippen LogP contribution >= 0.6 is 11.8 Å². The van der Waals surface area contributed by atoms with Crippen LogP contribution in [0.5, 0.6) is 0 Å². The summed E-state index contributed by atoms with van der Waals surface area (Å²) in [4.78, 5) is 16.4. The number of carbonyl (C=O) groups is 1. The molecule has 1 saturated heterocycles. The maximum absolute atomic E-state index is 12.0. The number of aromatic nitrogens is 2. The van der Waals surface area contributed by atoms with Crippen LogP contribution < -0.4 is 5.32 Å². The molecule has 5 nitrogen and oxygen atoms in total. The van der Waals surface area contributed by atoms with E-state index in [1.165, 1.54) is 22.9 Å². The van der Waals surface area contributed by atoms with E-state index in [1.54, 1.807) is 6.20 Å². The summed E-state index contributed by atoms with van der Waals surface area (Å²) in [5.74, 6) is 0.375. The lowest BCUT2D eigenvalue weighted by molar-refractivity contribution is -0.119. The third-order valence-electron chi connectivity index (χ3n) is 4.33. The van der Waals surface area contributed by atoms with Crippen molar-refractivity contribution in [3.05, 3.63) is 41.7 Å². The van der Waals surface area contributed by atoms with E-state index >= 15 is 0 Å². The van der Waals surface area contributed by atoms with Gasteiger partial charge in [0.05, 0.1) is 17.5 Å². The molecule has 2 heterocycles. The van der Waals surface area contributed by atoms with Gasteiger partial charge in [-0.1, -0.05) is 23.9 Å². The molecule has 0 spiro atoms. The average molecular weight is 345 g/mol. The molecule has 1 amide bonds. The van der Waals surface area contributed by atoms with E-state index in [0.717, 1.165) is 30.3 Å². The number of imidazole rings is 1. The molecule has 6 heteroatoms. The van der Waals surface area contributed by atoms with Crippen LogP contribution in [0.2, 0.25) is 0 Å². The summed E-state index contributed by atoms with van der Waals surface area (Å²) in [6.45, 7) is 5.61. The molecule has 24 heavy (non-hydrogen) atoms. The summed E-state index contributed by atoms with van der Waals surface area (Å²) >= 11 is 1.45. The number of ether oxygens (including phenoxy) is 1. The smallest absolute Gasteiger partial charge is 0.230 e. The van der Waals surface area contributed by atoms with E-state index in [9.17, 15) is 4.79 Å². The molecule has 3 rings (SSSR count). The van der Waals surface area contributed by atoms with Crippen molar-refractivity contribution < 1.29 is 9.53 Å². The van der Waals surface area contributed by atoms with Crippen LogP contribution in [0, 0.1) is 13.8 Å². The molecule has 1 aromatic heterocycles. The minimum absolute atomic E-state index is 0.0195. The fourth-order valence-corrected chi connectivity index (χ4v) is 3.59. The van der Waals surface area contributed by atoms with Gasteiger partial charge in [-0.2, -0.15) is 0 Å². The number of nitrogens with zero attached hydrogens (tertiary/aromatic N) is 2. The van der Waals surface area contributed by atoms with E-state index in [0.29, 0.717) is 12.3 Å². The Balaban J connectivity index is 1.59. The maximum Gasteiger partial charge on any atom is 0.230 e. The second kappa shape index (κ2) is 7.85. The SMILES string of the molecule is Cc1cccc(-n2ccnc2SCC(=O)NCC2CCCO2)c1C. The molecule has 0 aliphatic carbocycles. The molecule has 128 valence electrons. The molecular formula is C18H23N3O2S. The van der Waals surface area contributed by atoms with Crippen molar-refractivity contribution in [2.24, 2.45) is 0 Å². The lowest BCUT2D eigenvalue weighted by Gasteiger charge is -2.13. The highest BCUT2D eigenvalue weighted by Gasteiger charge is 2.17. The van der Waals surface area contributed by atoms with Crippen molar-refractivity contribution in [1.29, 1.82) is 0 Å². The number of thioether (sulfide) groups is 1. The van der Waals surface area contributed by atoms with E-state index < -0.39 is 0 Å². The van der Waals surface area contributed by atoms with Gasteiger partial charge in [0, 0.05) is 25.5 Å². The summed E-state index contributed by atoms with van der Waals surface area (Å²) in [5.41, 5.74) is 3.57. The van der Waals surface area contributed by atoms with Crippen LogP contribution in [-0.4, -0.2) is 40.5 Å². The number of nitrogens with one attached hydrogen (secondary N) is 1. The Morgan fingerprint density at radius 3 is 3.12 bits per heavy atom. The first-order valence-corrected chi connectivity index (χ1v) is 9.25. The fourth-order valence-electron chi connectivity index (χ4n) is 2.79. The van der Waals surface area contributed by atoms with Gasteiger partial charge >= 0.3 is 0 Å². The van der Waals surface area contributed by atoms with Gasteiger partial charge in [-0.05, 0) is 43.9 Å². The number of aryl methyl sites for hydroxylation is 1. The second-order valence-corrected chi connectivity index (χ2v) is 6.97. The molecule has 0 saturated carbocycles.